The Bertz CT molecular complexity index is 892. The highest BCUT2D eigenvalue weighted by Gasteiger charge is 2.16. The summed E-state index contributed by atoms with van der Waals surface area (Å²) in [6, 6.07) is 19.6. The third kappa shape index (κ3) is 3.44. The molecule has 0 bridgehead atoms. The average Bonchev–Trinajstić information content (AvgIpc) is 2.62. The molecule has 0 aliphatic heterocycles. The largest absolute Gasteiger partial charge is 0.497 e. The average molecular weight is 384 g/mol. The summed E-state index contributed by atoms with van der Waals surface area (Å²) < 4.78 is 6.12. The summed E-state index contributed by atoms with van der Waals surface area (Å²) in [5, 5.41) is 5.15. The summed E-state index contributed by atoms with van der Waals surface area (Å²) in [7, 11) is 1.66. The third-order valence-corrected chi connectivity index (χ3v) is 4.79. The van der Waals surface area contributed by atoms with Gasteiger partial charge in [-0.3, -0.25) is 4.79 Å². The predicted molar refractivity (Wildman–Crippen MR) is 102 cm³/mol. The Hall–Kier alpha value is -2.33. The second-order valence-corrected chi connectivity index (χ2v) is 6.52. The lowest BCUT2D eigenvalue weighted by Crippen LogP contribution is -2.19. The highest BCUT2D eigenvalue weighted by atomic mass is 79.9. The number of carbonyl (C=O) groups excluding carboxylic acids is 1. The maximum atomic E-state index is 12.5. The standard InChI is InChI=1S/C20H18BrNO2/c1-13(20(23)22-19-6-4-3-5-18(19)21)14-7-8-16-12-17(24-2)10-9-15(16)11-14/h3-13H,1-2H3,(H,22,23). The molecule has 0 heterocycles. The van der Waals surface area contributed by atoms with E-state index in [1.807, 2.05) is 61.5 Å². The van der Waals surface area contributed by atoms with Crippen LogP contribution in [0.2, 0.25) is 0 Å². The molecule has 0 spiro atoms. The van der Waals surface area contributed by atoms with Gasteiger partial charge in [0.05, 0.1) is 18.7 Å². The van der Waals surface area contributed by atoms with Crippen LogP contribution in [0.3, 0.4) is 0 Å². The van der Waals surface area contributed by atoms with Gasteiger partial charge in [0.2, 0.25) is 5.91 Å². The fourth-order valence-electron chi connectivity index (χ4n) is 2.59. The summed E-state index contributed by atoms with van der Waals surface area (Å²) in [6.45, 7) is 1.91. The van der Waals surface area contributed by atoms with Crippen molar-refractivity contribution in [3.05, 3.63) is 70.7 Å². The fraction of sp³-hybridized carbons (Fsp3) is 0.150. The zero-order chi connectivity index (χ0) is 17.1. The van der Waals surface area contributed by atoms with Gasteiger partial charge < -0.3 is 10.1 Å². The van der Waals surface area contributed by atoms with E-state index in [0.717, 1.165) is 32.2 Å². The van der Waals surface area contributed by atoms with Crippen molar-refractivity contribution in [3.8, 4) is 5.75 Å². The number of rotatable bonds is 4. The highest BCUT2D eigenvalue weighted by Crippen LogP contribution is 2.27. The minimum Gasteiger partial charge on any atom is -0.497 e. The number of carbonyl (C=O) groups is 1. The van der Waals surface area contributed by atoms with Gasteiger partial charge in [-0.1, -0.05) is 36.4 Å². The summed E-state index contributed by atoms with van der Waals surface area (Å²) in [4.78, 5) is 12.5. The van der Waals surface area contributed by atoms with E-state index in [2.05, 4.69) is 27.3 Å². The number of fused-ring (bicyclic) bond motifs is 1. The minimum atomic E-state index is -0.247. The monoisotopic (exact) mass is 383 g/mol. The lowest BCUT2D eigenvalue weighted by atomic mass is 9.97. The lowest BCUT2D eigenvalue weighted by Gasteiger charge is -2.14. The van der Waals surface area contributed by atoms with Crippen molar-refractivity contribution >= 4 is 38.3 Å². The van der Waals surface area contributed by atoms with Gasteiger partial charge in [0, 0.05) is 4.47 Å². The molecule has 1 N–H and O–H groups in total. The van der Waals surface area contributed by atoms with Crippen LogP contribution >= 0.6 is 15.9 Å². The number of hydrogen-bond acceptors (Lipinski definition) is 2. The van der Waals surface area contributed by atoms with Crippen LogP contribution in [0.4, 0.5) is 5.69 Å². The number of para-hydroxylation sites is 1. The van der Waals surface area contributed by atoms with E-state index >= 15 is 0 Å². The van der Waals surface area contributed by atoms with Crippen molar-refractivity contribution in [2.45, 2.75) is 12.8 Å². The first-order chi connectivity index (χ1) is 11.6. The Morgan fingerprint density at radius 1 is 1.04 bits per heavy atom. The Morgan fingerprint density at radius 3 is 2.50 bits per heavy atom. The molecular weight excluding hydrogens is 366 g/mol. The van der Waals surface area contributed by atoms with Crippen LogP contribution in [0.5, 0.6) is 5.75 Å². The van der Waals surface area contributed by atoms with Crippen molar-refractivity contribution in [1.29, 1.82) is 0 Å². The molecule has 0 aromatic heterocycles. The van der Waals surface area contributed by atoms with Crippen molar-refractivity contribution in [1.82, 2.24) is 0 Å². The molecule has 0 fully saturated rings. The molecule has 0 aliphatic rings. The second-order valence-electron chi connectivity index (χ2n) is 5.66. The first kappa shape index (κ1) is 16.5. The van der Waals surface area contributed by atoms with Crippen molar-refractivity contribution in [2.24, 2.45) is 0 Å². The first-order valence-electron chi connectivity index (χ1n) is 7.71. The fourth-order valence-corrected chi connectivity index (χ4v) is 2.98. The SMILES string of the molecule is COc1ccc2cc(C(C)C(=O)Nc3ccccc3Br)ccc2c1. The van der Waals surface area contributed by atoms with Crippen LogP contribution in [0, 0.1) is 0 Å². The van der Waals surface area contributed by atoms with Gasteiger partial charge in [0.1, 0.15) is 5.75 Å². The maximum absolute atomic E-state index is 12.5. The van der Waals surface area contributed by atoms with E-state index < -0.39 is 0 Å². The molecule has 0 saturated heterocycles. The molecule has 0 radical (unpaired) electrons. The van der Waals surface area contributed by atoms with Gasteiger partial charge in [-0.05, 0) is 63.5 Å². The molecule has 4 heteroatoms. The number of amides is 1. The second kappa shape index (κ2) is 7.05. The first-order valence-corrected chi connectivity index (χ1v) is 8.51. The van der Waals surface area contributed by atoms with Crippen LogP contribution in [0.25, 0.3) is 10.8 Å². The molecule has 3 aromatic carbocycles. The molecule has 0 aliphatic carbocycles. The summed E-state index contributed by atoms with van der Waals surface area (Å²) in [5.41, 5.74) is 1.76. The molecular formula is C20H18BrNO2. The maximum Gasteiger partial charge on any atom is 0.231 e. The van der Waals surface area contributed by atoms with Crippen molar-refractivity contribution in [3.63, 3.8) is 0 Å². The number of halogens is 1. The van der Waals surface area contributed by atoms with Crippen LogP contribution in [-0.2, 0) is 4.79 Å². The van der Waals surface area contributed by atoms with E-state index in [4.69, 9.17) is 4.74 Å². The van der Waals surface area contributed by atoms with Gasteiger partial charge in [-0.2, -0.15) is 0 Å². The highest BCUT2D eigenvalue weighted by molar-refractivity contribution is 9.10. The van der Waals surface area contributed by atoms with Crippen LogP contribution < -0.4 is 10.1 Å². The molecule has 1 unspecified atom stereocenters. The predicted octanol–water partition coefficient (Wildman–Crippen LogP) is 5.35. The van der Waals surface area contributed by atoms with Crippen LogP contribution in [-0.4, -0.2) is 13.0 Å². The minimum absolute atomic E-state index is 0.0326. The molecule has 3 rings (SSSR count). The summed E-state index contributed by atoms with van der Waals surface area (Å²) in [6.07, 6.45) is 0. The third-order valence-electron chi connectivity index (χ3n) is 4.10. The van der Waals surface area contributed by atoms with Gasteiger partial charge >= 0.3 is 0 Å². The number of nitrogens with one attached hydrogen (secondary N) is 1. The van der Waals surface area contributed by atoms with Gasteiger partial charge in [0.25, 0.3) is 0 Å². The van der Waals surface area contributed by atoms with Gasteiger partial charge in [0.15, 0.2) is 0 Å². The lowest BCUT2D eigenvalue weighted by molar-refractivity contribution is -0.117. The van der Waals surface area contributed by atoms with E-state index in [-0.39, 0.29) is 11.8 Å². The zero-order valence-electron chi connectivity index (χ0n) is 13.5. The quantitative estimate of drug-likeness (QED) is 0.658. The summed E-state index contributed by atoms with van der Waals surface area (Å²) >= 11 is 3.45. The smallest absolute Gasteiger partial charge is 0.231 e. The van der Waals surface area contributed by atoms with E-state index in [1.54, 1.807) is 7.11 Å². The van der Waals surface area contributed by atoms with Crippen LogP contribution in [0.15, 0.2) is 65.1 Å². The Balaban J connectivity index is 1.83. The number of methoxy groups -OCH3 is 1. The van der Waals surface area contributed by atoms with E-state index in [0.29, 0.717) is 0 Å². The molecule has 0 saturated carbocycles. The molecule has 122 valence electrons. The number of hydrogen-bond donors (Lipinski definition) is 1. The van der Waals surface area contributed by atoms with Gasteiger partial charge in [-0.15, -0.1) is 0 Å². The number of ether oxygens (including phenoxy) is 1. The molecule has 3 aromatic rings. The Labute approximate surface area is 149 Å². The topological polar surface area (TPSA) is 38.3 Å². The Kier molecular flexibility index (Phi) is 4.86. The zero-order valence-corrected chi connectivity index (χ0v) is 15.1. The van der Waals surface area contributed by atoms with Crippen molar-refractivity contribution in [2.75, 3.05) is 12.4 Å². The Morgan fingerprint density at radius 2 is 1.75 bits per heavy atom. The number of benzene rings is 3. The normalized spacial score (nSPS) is 12.0. The van der Waals surface area contributed by atoms with E-state index in [1.165, 1.54) is 0 Å². The molecule has 24 heavy (non-hydrogen) atoms. The van der Waals surface area contributed by atoms with Crippen LogP contribution in [0.1, 0.15) is 18.4 Å². The summed E-state index contributed by atoms with van der Waals surface area (Å²) in [5.74, 6) is 0.549. The van der Waals surface area contributed by atoms with Crippen molar-refractivity contribution < 1.29 is 9.53 Å². The molecule has 1 amide bonds. The number of anilines is 1. The molecule has 3 nitrogen and oxygen atoms in total. The molecule has 1 atom stereocenters. The van der Waals surface area contributed by atoms with Gasteiger partial charge in [-0.25, -0.2) is 0 Å². The van der Waals surface area contributed by atoms with E-state index in [9.17, 15) is 4.79 Å².